The van der Waals surface area contributed by atoms with Crippen molar-refractivity contribution in [2.24, 2.45) is 0 Å². The molecule has 0 bridgehead atoms. The summed E-state index contributed by atoms with van der Waals surface area (Å²) >= 11 is 0. The summed E-state index contributed by atoms with van der Waals surface area (Å²) in [6.45, 7) is 1.99. The molecule has 0 spiro atoms. The van der Waals surface area contributed by atoms with Crippen molar-refractivity contribution in [1.82, 2.24) is 15.3 Å². The van der Waals surface area contributed by atoms with Gasteiger partial charge in [-0.1, -0.05) is 0 Å². The Morgan fingerprint density at radius 3 is 3.46 bits per heavy atom. The van der Waals surface area contributed by atoms with E-state index in [-0.39, 0.29) is 0 Å². The minimum absolute atomic E-state index is 0.931. The third-order valence-electron chi connectivity index (χ3n) is 2.52. The zero-order valence-corrected chi connectivity index (χ0v) is 7.22. The Labute approximate surface area is 76.2 Å². The molecule has 2 N–H and O–H groups in total. The van der Waals surface area contributed by atoms with Gasteiger partial charge in [0.15, 0.2) is 0 Å². The maximum Gasteiger partial charge on any atom is 0.0933 e. The Morgan fingerprint density at radius 1 is 1.46 bits per heavy atom. The quantitative estimate of drug-likeness (QED) is 0.622. The fourth-order valence-electron chi connectivity index (χ4n) is 1.89. The van der Waals surface area contributed by atoms with Crippen molar-refractivity contribution in [2.75, 3.05) is 6.54 Å². The minimum Gasteiger partial charge on any atom is -0.356 e. The Bertz CT molecular complexity index is 444. The molecule has 1 aliphatic heterocycles. The van der Waals surface area contributed by atoms with Crippen molar-refractivity contribution in [3.8, 4) is 0 Å². The van der Waals surface area contributed by atoms with E-state index < -0.39 is 0 Å². The largest absolute Gasteiger partial charge is 0.356 e. The molecule has 2 aromatic heterocycles. The number of hydrogen-bond acceptors (Lipinski definition) is 2. The second kappa shape index (κ2) is 2.57. The standard InChI is InChI=1S/C10H10N3/c1-2-9-10(12-4-1)7-6-11-5-3-8(7)13-9/h1,4,11,13H,3,5-6H2. The predicted octanol–water partition coefficient (Wildman–Crippen LogP) is 1.01. The van der Waals surface area contributed by atoms with E-state index in [0.29, 0.717) is 0 Å². The summed E-state index contributed by atoms with van der Waals surface area (Å²) in [5.74, 6) is 0. The van der Waals surface area contributed by atoms with E-state index in [4.69, 9.17) is 0 Å². The van der Waals surface area contributed by atoms with Crippen molar-refractivity contribution < 1.29 is 0 Å². The number of hydrogen-bond donors (Lipinski definition) is 2. The van der Waals surface area contributed by atoms with Gasteiger partial charge < -0.3 is 10.3 Å². The zero-order chi connectivity index (χ0) is 8.67. The monoisotopic (exact) mass is 172 g/mol. The molecular weight excluding hydrogens is 162 g/mol. The first-order chi connectivity index (χ1) is 6.45. The van der Waals surface area contributed by atoms with Crippen molar-refractivity contribution in [3.63, 3.8) is 0 Å². The van der Waals surface area contributed by atoms with Gasteiger partial charge in [-0.25, -0.2) is 0 Å². The van der Waals surface area contributed by atoms with Crippen LogP contribution in [0.5, 0.6) is 0 Å². The van der Waals surface area contributed by atoms with E-state index in [1.807, 2.05) is 6.07 Å². The van der Waals surface area contributed by atoms with E-state index in [1.54, 1.807) is 6.20 Å². The lowest BCUT2D eigenvalue weighted by Crippen LogP contribution is -2.23. The Morgan fingerprint density at radius 2 is 2.46 bits per heavy atom. The topological polar surface area (TPSA) is 40.7 Å². The van der Waals surface area contributed by atoms with Crippen LogP contribution in [0, 0.1) is 6.07 Å². The fourth-order valence-corrected chi connectivity index (χ4v) is 1.89. The van der Waals surface area contributed by atoms with Crippen molar-refractivity contribution in [3.05, 3.63) is 29.6 Å². The van der Waals surface area contributed by atoms with E-state index in [2.05, 4.69) is 21.4 Å². The molecule has 3 heteroatoms. The highest BCUT2D eigenvalue weighted by Gasteiger charge is 2.14. The fraction of sp³-hybridized carbons (Fsp3) is 0.300. The van der Waals surface area contributed by atoms with Crippen molar-refractivity contribution in [2.45, 2.75) is 13.0 Å². The molecule has 3 heterocycles. The lowest BCUT2D eigenvalue weighted by molar-refractivity contribution is 0.640. The maximum atomic E-state index is 4.35. The number of fused-ring (bicyclic) bond motifs is 3. The highest BCUT2D eigenvalue weighted by atomic mass is 14.9. The molecule has 0 fully saturated rings. The van der Waals surface area contributed by atoms with Crippen LogP contribution in [0.15, 0.2) is 12.3 Å². The van der Waals surface area contributed by atoms with Crippen LogP contribution in [0.4, 0.5) is 0 Å². The van der Waals surface area contributed by atoms with Crippen LogP contribution in [0.3, 0.4) is 0 Å². The molecule has 3 nitrogen and oxygen atoms in total. The van der Waals surface area contributed by atoms with Gasteiger partial charge >= 0.3 is 0 Å². The van der Waals surface area contributed by atoms with Crippen molar-refractivity contribution >= 4 is 11.0 Å². The van der Waals surface area contributed by atoms with E-state index in [9.17, 15) is 0 Å². The van der Waals surface area contributed by atoms with Gasteiger partial charge in [0.05, 0.1) is 11.0 Å². The summed E-state index contributed by atoms with van der Waals surface area (Å²) in [6, 6.07) is 5.01. The van der Waals surface area contributed by atoms with Gasteiger partial charge in [-0.15, -0.1) is 0 Å². The average Bonchev–Trinajstić information content (AvgIpc) is 2.56. The van der Waals surface area contributed by atoms with Gasteiger partial charge in [0, 0.05) is 43.0 Å². The summed E-state index contributed by atoms with van der Waals surface area (Å²) < 4.78 is 0. The van der Waals surface area contributed by atoms with Crippen LogP contribution in [-0.4, -0.2) is 16.5 Å². The zero-order valence-electron chi connectivity index (χ0n) is 7.22. The van der Waals surface area contributed by atoms with Gasteiger partial charge in [-0.05, 0) is 6.07 Å². The lowest BCUT2D eigenvalue weighted by atomic mass is 10.1. The van der Waals surface area contributed by atoms with Gasteiger partial charge in [0.25, 0.3) is 0 Å². The number of aromatic amines is 1. The molecule has 13 heavy (non-hydrogen) atoms. The van der Waals surface area contributed by atoms with Gasteiger partial charge in [-0.2, -0.15) is 0 Å². The molecule has 1 aliphatic rings. The second-order valence-electron chi connectivity index (χ2n) is 3.32. The highest BCUT2D eigenvalue weighted by molar-refractivity contribution is 5.79. The van der Waals surface area contributed by atoms with Gasteiger partial charge in [0.2, 0.25) is 0 Å². The summed E-state index contributed by atoms with van der Waals surface area (Å²) in [4.78, 5) is 7.71. The number of rotatable bonds is 0. The first-order valence-electron chi connectivity index (χ1n) is 4.52. The lowest BCUT2D eigenvalue weighted by Gasteiger charge is -2.11. The molecule has 0 saturated carbocycles. The van der Waals surface area contributed by atoms with Crippen LogP contribution in [-0.2, 0) is 13.0 Å². The average molecular weight is 172 g/mol. The first-order valence-corrected chi connectivity index (χ1v) is 4.52. The van der Waals surface area contributed by atoms with E-state index in [0.717, 1.165) is 30.5 Å². The third kappa shape index (κ3) is 0.971. The summed E-state index contributed by atoms with van der Waals surface area (Å²) in [5.41, 5.74) is 4.75. The SMILES string of the molecule is [c]1ccnc2c3c([nH]c12)CCNC3. The van der Waals surface area contributed by atoms with E-state index >= 15 is 0 Å². The number of nitrogens with one attached hydrogen (secondary N) is 2. The Hall–Kier alpha value is -1.35. The first kappa shape index (κ1) is 7.09. The summed E-state index contributed by atoms with van der Waals surface area (Å²) in [6.07, 6.45) is 2.87. The molecule has 0 aliphatic carbocycles. The minimum atomic E-state index is 0.931. The molecule has 0 amide bonds. The van der Waals surface area contributed by atoms with E-state index in [1.165, 1.54) is 11.3 Å². The molecule has 65 valence electrons. The second-order valence-corrected chi connectivity index (χ2v) is 3.32. The molecule has 0 unspecified atom stereocenters. The number of nitrogens with zero attached hydrogens (tertiary/aromatic N) is 1. The van der Waals surface area contributed by atoms with Gasteiger partial charge in [0.1, 0.15) is 0 Å². The number of pyridine rings is 1. The smallest absolute Gasteiger partial charge is 0.0933 e. The molecule has 2 aromatic rings. The van der Waals surface area contributed by atoms with Crippen LogP contribution in [0.2, 0.25) is 0 Å². The molecule has 0 aromatic carbocycles. The van der Waals surface area contributed by atoms with Crippen molar-refractivity contribution in [1.29, 1.82) is 0 Å². The highest BCUT2D eigenvalue weighted by Crippen LogP contribution is 2.21. The van der Waals surface area contributed by atoms with Crippen LogP contribution >= 0.6 is 0 Å². The predicted molar refractivity (Wildman–Crippen MR) is 50.3 cm³/mol. The van der Waals surface area contributed by atoms with Crippen LogP contribution in [0.1, 0.15) is 11.3 Å². The molecular formula is C10H10N3. The normalized spacial score (nSPS) is 16.0. The molecule has 0 saturated heterocycles. The number of aromatic nitrogens is 2. The molecule has 3 rings (SSSR count). The van der Waals surface area contributed by atoms with Gasteiger partial charge in [-0.3, -0.25) is 4.98 Å². The maximum absolute atomic E-state index is 4.35. The Balaban J connectivity index is 2.34. The van der Waals surface area contributed by atoms with Crippen LogP contribution in [0.25, 0.3) is 11.0 Å². The Kier molecular flexibility index (Phi) is 1.40. The molecule has 0 atom stereocenters. The summed E-state index contributed by atoms with van der Waals surface area (Å²) in [7, 11) is 0. The number of H-pyrrole nitrogens is 1. The molecule has 1 radical (unpaired) electrons. The van der Waals surface area contributed by atoms with Crippen LogP contribution < -0.4 is 5.32 Å². The third-order valence-corrected chi connectivity index (χ3v) is 2.52. The summed E-state index contributed by atoms with van der Waals surface area (Å²) in [5, 5.41) is 3.35.